The molecule has 0 spiro atoms. The number of alkyl halides is 2. The fraction of sp³-hybridized carbons (Fsp3) is 0.857. The molecule has 2 rings (SSSR count). The molecule has 0 aromatic heterocycles. The summed E-state index contributed by atoms with van der Waals surface area (Å²) in [5.74, 6) is -4.10. The van der Waals surface area contributed by atoms with Crippen LogP contribution in [0.25, 0.3) is 0 Å². The Balaban J connectivity index is 0.000000845. The molecule has 76 valence electrons. The van der Waals surface area contributed by atoms with Gasteiger partial charge in [0.2, 0.25) is 0 Å². The van der Waals surface area contributed by atoms with Gasteiger partial charge in [0.15, 0.2) is 0 Å². The second kappa shape index (κ2) is 3.06. The number of carboxylic acids is 1. The summed E-state index contributed by atoms with van der Waals surface area (Å²) in [7, 11) is 0. The molecule has 0 radical (unpaired) electrons. The summed E-state index contributed by atoms with van der Waals surface area (Å²) in [5.41, 5.74) is 0. The molecule has 0 amide bonds. The van der Waals surface area contributed by atoms with Crippen LogP contribution in [0.2, 0.25) is 0 Å². The van der Waals surface area contributed by atoms with E-state index < -0.39 is 24.0 Å². The number of halogens is 3. The Labute approximate surface area is 79.9 Å². The maximum atomic E-state index is 12.8. The van der Waals surface area contributed by atoms with Gasteiger partial charge in [-0.25, -0.2) is 8.78 Å². The highest BCUT2D eigenvalue weighted by atomic mass is 35.5. The third kappa shape index (κ3) is 1.50. The molecule has 1 saturated carbocycles. The van der Waals surface area contributed by atoms with Gasteiger partial charge in [-0.1, -0.05) is 0 Å². The number of hydrogen-bond donors (Lipinski definition) is 2. The molecule has 1 aliphatic heterocycles. The van der Waals surface area contributed by atoms with E-state index in [1.165, 1.54) is 0 Å². The number of aliphatic carboxylic acids is 1. The van der Waals surface area contributed by atoms with Gasteiger partial charge in [0.1, 0.15) is 6.04 Å². The molecular formula is C7H10ClF2NO2. The Kier molecular flexibility index (Phi) is 2.51. The molecule has 0 aromatic carbocycles. The zero-order chi connectivity index (χ0) is 8.93. The van der Waals surface area contributed by atoms with Crippen molar-refractivity contribution >= 4 is 18.4 Å². The van der Waals surface area contributed by atoms with Crippen molar-refractivity contribution in [2.75, 3.05) is 0 Å². The lowest BCUT2D eigenvalue weighted by Gasteiger charge is -2.26. The predicted molar refractivity (Wildman–Crippen MR) is 43.3 cm³/mol. The third-order valence-corrected chi connectivity index (χ3v) is 2.70. The molecule has 3 atom stereocenters. The van der Waals surface area contributed by atoms with Crippen molar-refractivity contribution < 1.29 is 18.7 Å². The van der Waals surface area contributed by atoms with E-state index >= 15 is 0 Å². The first-order valence-corrected chi connectivity index (χ1v) is 3.87. The zero-order valence-corrected chi connectivity index (χ0v) is 7.48. The number of carboxylic acid groups (broad SMARTS) is 1. The van der Waals surface area contributed by atoms with Gasteiger partial charge >= 0.3 is 5.97 Å². The van der Waals surface area contributed by atoms with Crippen LogP contribution in [0, 0.1) is 5.92 Å². The second-order valence-electron chi connectivity index (χ2n) is 3.50. The number of carbonyl (C=O) groups is 1. The van der Waals surface area contributed by atoms with Gasteiger partial charge in [-0.3, -0.25) is 10.1 Å². The first kappa shape index (κ1) is 10.7. The van der Waals surface area contributed by atoms with Crippen molar-refractivity contribution in [1.29, 1.82) is 0 Å². The van der Waals surface area contributed by atoms with Crippen LogP contribution in [0.1, 0.15) is 12.8 Å². The molecule has 0 aromatic rings. The van der Waals surface area contributed by atoms with Crippen molar-refractivity contribution in [3.05, 3.63) is 0 Å². The zero-order valence-electron chi connectivity index (χ0n) is 6.67. The van der Waals surface area contributed by atoms with Gasteiger partial charge in [0.25, 0.3) is 5.92 Å². The van der Waals surface area contributed by atoms with Crippen molar-refractivity contribution in [3.63, 3.8) is 0 Å². The van der Waals surface area contributed by atoms with Crippen LogP contribution in [0.5, 0.6) is 0 Å². The Hall–Kier alpha value is -0.420. The van der Waals surface area contributed by atoms with Crippen molar-refractivity contribution in [2.24, 2.45) is 5.92 Å². The summed E-state index contributed by atoms with van der Waals surface area (Å²) in [6, 6.07) is -1.67. The molecule has 2 aliphatic rings. The molecule has 2 N–H and O–H groups in total. The van der Waals surface area contributed by atoms with E-state index in [4.69, 9.17) is 5.11 Å². The van der Waals surface area contributed by atoms with Gasteiger partial charge in [-0.15, -0.1) is 12.4 Å². The van der Waals surface area contributed by atoms with Crippen LogP contribution in [-0.4, -0.2) is 29.1 Å². The SMILES string of the molecule is Cl.O=C(O)[C@H]1NC2CC1CC2(F)F. The van der Waals surface area contributed by atoms with Crippen molar-refractivity contribution in [2.45, 2.75) is 30.8 Å². The first-order valence-electron chi connectivity index (χ1n) is 3.87. The minimum atomic E-state index is -2.70. The first-order chi connectivity index (χ1) is 5.50. The maximum Gasteiger partial charge on any atom is 0.320 e. The molecular weight excluding hydrogens is 204 g/mol. The quantitative estimate of drug-likeness (QED) is 0.680. The Morgan fingerprint density at radius 3 is 2.46 bits per heavy atom. The smallest absolute Gasteiger partial charge is 0.320 e. The fourth-order valence-electron chi connectivity index (χ4n) is 2.12. The number of piperidine rings is 1. The van der Waals surface area contributed by atoms with Gasteiger partial charge in [-0.2, -0.15) is 0 Å². The number of hydrogen-bond acceptors (Lipinski definition) is 2. The van der Waals surface area contributed by atoms with Gasteiger partial charge in [-0.05, 0) is 12.3 Å². The Morgan fingerprint density at radius 2 is 2.15 bits per heavy atom. The standard InChI is InChI=1S/C7H9F2NO2.ClH/c8-7(9)2-3-1-4(7)10-5(3)6(11)12;/h3-5,10H,1-2H2,(H,11,12);1H/t3?,4?,5-;/m0./s1. The topological polar surface area (TPSA) is 49.3 Å². The minimum absolute atomic E-state index is 0. The monoisotopic (exact) mass is 213 g/mol. The third-order valence-electron chi connectivity index (χ3n) is 2.70. The molecule has 1 heterocycles. The van der Waals surface area contributed by atoms with Crippen LogP contribution >= 0.6 is 12.4 Å². The molecule has 2 unspecified atom stereocenters. The highest BCUT2D eigenvalue weighted by molar-refractivity contribution is 5.85. The van der Waals surface area contributed by atoms with Crippen LogP contribution in [-0.2, 0) is 4.79 Å². The molecule has 1 aliphatic carbocycles. The average Bonchev–Trinajstić information content (AvgIpc) is 2.40. The summed E-state index contributed by atoms with van der Waals surface area (Å²) >= 11 is 0. The maximum absolute atomic E-state index is 12.8. The lowest BCUT2D eigenvalue weighted by molar-refractivity contribution is -0.142. The van der Waals surface area contributed by atoms with E-state index in [1.807, 2.05) is 0 Å². The van der Waals surface area contributed by atoms with E-state index in [9.17, 15) is 13.6 Å². The molecule has 13 heavy (non-hydrogen) atoms. The highest BCUT2D eigenvalue weighted by Crippen LogP contribution is 2.45. The van der Waals surface area contributed by atoms with Crippen LogP contribution < -0.4 is 5.32 Å². The summed E-state index contributed by atoms with van der Waals surface area (Å²) in [6.07, 6.45) is 0.0194. The Morgan fingerprint density at radius 1 is 1.54 bits per heavy atom. The summed E-state index contributed by atoms with van der Waals surface area (Å²) in [4.78, 5) is 10.5. The molecule has 2 bridgehead atoms. The van der Waals surface area contributed by atoms with Crippen LogP contribution in [0.4, 0.5) is 8.78 Å². The van der Waals surface area contributed by atoms with E-state index in [0.717, 1.165) is 0 Å². The van der Waals surface area contributed by atoms with E-state index in [2.05, 4.69) is 5.32 Å². The van der Waals surface area contributed by atoms with Crippen molar-refractivity contribution in [3.8, 4) is 0 Å². The minimum Gasteiger partial charge on any atom is -0.480 e. The summed E-state index contributed by atoms with van der Waals surface area (Å²) < 4.78 is 25.6. The number of rotatable bonds is 1. The number of fused-ring (bicyclic) bond motifs is 2. The van der Waals surface area contributed by atoms with E-state index in [0.29, 0.717) is 6.42 Å². The predicted octanol–water partition coefficient (Wildman–Crippen LogP) is 0.878. The largest absolute Gasteiger partial charge is 0.480 e. The van der Waals surface area contributed by atoms with Gasteiger partial charge in [0, 0.05) is 6.42 Å². The van der Waals surface area contributed by atoms with Crippen LogP contribution in [0.15, 0.2) is 0 Å². The van der Waals surface area contributed by atoms with Gasteiger partial charge in [0.05, 0.1) is 6.04 Å². The normalized spacial score (nSPS) is 40.0. The van der Waals surface area contributed by atoms with Crippen molar-refractivity contribution in [1.82, 2.24) is 5.32 Å². The molecule has 6 heteroatoms. The summed E-state index contributed by atoms with van der Waals surface area (Å²) in [6.45, 7) is 0. The highest BCUT2D eigenvalue weighted by Gasteiger charge is 2.58. The van der Waals surface area contributed by atoms with Crippen LogP contribution in [0.3, 0.4) is 0 Å². The van der Waals surface area contributed by atoms with E-state index in [-0.39, 0.29) is 24.7 Å². The van der Waals surface area contributed by atoms with E-state index in [1.54, 1.807) is 0 Å². The average molecular weight is 214 g/mol. The molecule has 3 nitrogen and oxygen atoms in total. The summed E-state index contributed by atoms with van der Waals surface area (Å²) in [5, 5.41) is 11.0. The Bertz CT molecular complexity index is 237. The lowest BCUT2D eigenvalue weighted by Crippen LogP contribution is -2.50. The number of nitrogens with one attached hydrogen (secondary N) is 1. The molecule has 1 saturated heterocycles. The second-order valence-corrected chi connectivity index (χ2v) is 3.50. The lowest BCUT2D eigenvalue weighted by atomic mass is 9.99. The fourth-order valence-corrected chi connectivity index (χ4v) is 2.12. The molecule has 2 fully saturated rings. The van der Waals surface area contributed by atoms with Gasteiger partial charge < -0.3 is 5.11 Å².